The average molecular weight is 321 g/mol. The molecule has 2 aromatic rings. The summed E-state index contributed by atoms with van der Waals surface area (Å²) in [4.78, 5) is 3.52. The van der Waals surface area contributed by atoms with Gasteiger partial charge in [-0.2, -0.15) is 5.26 Å². The van der Waals surface area contributed by atoms with E-state index in [0.717, 1.165) is 23.2 Å². The Hall–Kier alpha value is -1.31. The fourth-order valence-corrected chi connectivity index (χ4v) is 3.01. The van der Waals surface area contributed by atoms with E-state index in [1.165, 1.54) is 4.88 Å². The van der Waals surface area contributed by atoms with E-state index < -0.39 is 0 Å². The van der Waals surface area contributed by atoms with Crippen molar-refractivity contribution in [2.75, 3.05) is 11.4 Å². The Morgan fingerprint density at radius 3 is 2.78 bits per heavy atom. The summed E-state index contributed by atoms with van der Waals surface area (Å²) in [6, 6.07) is 12.3. The van der Waals surface area contributed by atoms with Crippen molar-refractivity contribution in [3.8, 4) is 6.07 Å². The van der Waals surface area contributed by atoms with Crippen LogP contribution in [-0.4, -0.2) is 6.54 Å². The minimum absolute atomic E-state index is 0.705. The summed E-state index contributed by atoms with van der Waals surface area (Å²) < 4.78 is 0.854. The van der Waals surface area contributed by atoms with Gasteiger partial charge in [0.25, 0.3) is 0 Å². The minimum Gasteiger partial charge on any atom is -0.366 e. The lowest BCUT2D eigenvalue weighted by Crippen LogP contribution is -2.22. The SMILES string of the molecule is CCN(Cc1cccs1)c1cccc(Br)c1C#N. The molecule has 0 spiro atoms. The van der Waals surface area contributed by atoms with Crippen molar-refractivity contribution >= 4 is 33.0 Å². The first-order valence-electron chi connectivity index (χ1n) is 5.72. The van der Waals surface area contributed by atoms with E-state index in [1.807, 2.05) is 18.2 Å². The highest BCUT2D eigenvalue weighted by atomic mass is 79.9. The fraction of sp³-hybridized carbons (Fsp3) is 0.214. The lowest BCUT2D eigenvalue weighted by Gasteiger charge is -2.23. The average Bonchev–Trinajstić information content (AvgIpc) is 2.88. The first kappa shape index (κ1) is 13.1. The lowest BCUT2D eigenvalue weighted by atomic mass is 10.1. The third-order valence-electron chi connectivity index (χ3n) is 2.75. The molecule has 0 unspecified atom stereocenters. The smallest absolute Gasteiger partial charge is 0.103 e. The van der Waals surface area contributed by atoms with Gasteiger partial charge in [0, 0.05) is 15.9 Å². The van der Waals surface area contributed by atoms with Crippen molar-refractivity contribution in [3.05, 3.63) is 50.6 Å². The summed E-state index contributed by atoms with van der Waals surface area (Å²) >= 11 is 5.18. The number of anilines is 1. The monoisotopic (exact) mass is 320 g/mol. The molecule has 0 saturated heterocycles. The predicted octanol–water partition coefficient (Wildman–Crippen LogP) is 4.41. The van der Waals surface area contributed by atoms with Gasteiger partial charge in [-0.3, -0.25) is 0 Å². The van der Waals surface area contributed by atoms with Crippen LogP contribution in [-0.2, 0) is 6.54 Å². The van der Waals surface area contributed by atoms with Gasteiger partial charge in [0.15, 0.2) is 0 Å². The molecule has 2 rings (SSSR count). The van der Waals surface area contributed by atoms with Crippen LogP contribution in [0.25, 0.3) is 0 Å². The standard InChI is InChI=1S/C14H13BrN2S/c1-2-17(10-11-5-4-8-18-11)14-7-3-6-13(15)12(14)9-16/h3-8H,2,10H2,1H3. The lowest BCUT2D eigenvalue weighted by molar-refractivity contribution is 0.840. The number of rotatable bonds is 4. The second-order valence-corrected chi connectivity index (χ2v) is 5.73. The number of hydrogen-bond donors (Lipinski definition) is 0. The maximum atomic E-state index is 9.27. The zero-order valence-electron chi connectivity index (χ0n) is 10.1. The Balaban J connectivity index is 2.33. The molecule has 0 radical (unpaired) electrons. The Labute approximate surface area is 120 Å². The van der Waals surface area contributed by atoms with Gasteiger partial charge in [-0.25, -0.2) is 0 Å². The molecule has 0 N–H and O–H groups in total. The molecule has 0 bridgehead atoms. The molecule has 18 heavy (non-hydrogen) atoms. The zero-order chi connectivity index (χ0) is 13.0. The summed E-state index contributed by atoms with van der Waals surface area (Å²) in [7, 11) is 0. The highest BCUT2D eigenvalue weighted by molar-refractivity contribution is 9.10. The topological polar surface area (TPSA) is 27.0 Å². The van der Waals surface area contributed by atoms with Crippen LogP contribution in [0.5, 0.6) is 0 Å². The first-order chi connectivity index (χ1) is 8.76. The van der Waals surface area contributed by atoms with Crippen LogP contribution in [0.4, 0.5) is 5.69 Å². The highest BCUT2D eigenvalue weighted by Crippen LogP contribution is 2.28. The minimum atomic E-state index is 0.705. The molecule has 0 saturated carbocycles. The van der Waals surface area contributed by atoms with Crippen LogP contribution < -0.4 is 4.90 Å². The van der Waals surface area contributed by atoms with Gasteiger partial charge in [0.2, 0.25) is 0 Å². The molecule has 1 aromatic carbocycles. The van der Waals surface area contributed by atoms with Gasteiger partial charge in [-0.05, 0) is 46.4 Å². The maximum Gasteiger partial charge on any atom is 0.103 e. The van der Waals surface area contributed by atoms with Crippen molar-refractivity contribution < 1.29 is 0 Å². The van der Waals surface area contributed by atoms with Crippen LogP contribution in [0.2, 0.25) is 0 Å². The van der Waals surface area contributed by atoms with E-state index in [0.29, 0.717) is 5.56 Å². The number of thiophene rings is 1. The molecule has 0 aliphatic carbocycles. The van der Waals surface area contributed by atoms with Crippen molar-refractivity contribution in [2.45, 2.75) is 13.5 Å². The van der Waals surface area contributed by atoms with Gasteiger partial charge in [-0.1, -0.05) is 12.1 Å². The first-order valence-corrected chi connectivity index (χ1v) is 7.39. The molecule has 1 heterocycles. The zero-order valence-corrected chi connectivity index (χ0v) is 12.5. The Kier molecular flexibility index (Phi) is 4.40. The largest absolute Gasteiger partial charge is 0.366 e. The van der Waals surface area contributed by atoms with E-state index >= 15 is 0 Å². The molecule has 0 aliphatic rings. The molecular formula is C14H13BrN2S. The molecule has 0 atom stereocenters. The second kappa shape index (κ2) is 6.03. The Bertz CT molecular complexity index is 558. The van der Waals surface area contributed by atoms with Crippen molar-refractivity contribution in [1.82, 2.24) is 0 Å². The molecule has 0 fully saturated rings. The van der Waals surface area contributed by atoms with Crippen molar-refractivity contribution in [1.29, 1.82) is 5.26 Å². The predicted molar refractivity (Wildman–Crippen MR) is 79.9 cm³/mol. The third kappa shape index (κ3) is 2.74. The van der Waals surface area contributed by atoms with Crippen LogP contribution in [0.3, 0.4) is 0 Å². The van der Waals surface area contributed by atoms with E-state index in [4.69, 9.17) is 0 Å². The van der Waals surface area contributed by atoms with Gasteiger partial charge < -0.3 is 4.90 Å². The van der Waals surface area contributed by atoms with Crippen LogP contribution in [0.15, 0.2) is 40.2 Å². The molecule has 2 nitrogen and oxygen atoms in total. The Morgan fingerprint density at radius 1 is 1.33 bits per heavy atom. The third-order valence-corrected chi connectivity index (χ3v) is 4.27. The summed E-state index contributed by atoms with van der Waals surface area (Å²) in [5, 5.41) is 11.3. The van der Waals surface area contributed by atoms with Crippen LogP contribution in [0.1, 0.15) is 17.4 Å². The number of nitriles is 1. The van der Waals surface area contributed by atoms with Crippen molar-refractivity contribution in [2.24, 2.45) is 0 Å². The van der Waals surface area contributed by atoms with Gasteiger partial charge in [-0.15, -0.1) is 11.3 Å². The highest BCUT2D eigenvalue weighted by Gasteiger charge is 2.12. The molecular weight excluding hydrogens is 308 g/mol. The molecule has 0 amide bonds. The van der Waals surface area contributed by atoms with Crippen LogP contribution >= 0.6 is 27.3 Å². The number of nitrogens with zero attached hydrogens (tertiary/aromatic N) is 2. The summed E-state index contributed by atoms with van der Waals surface area (Å²) in [5.41, 5.74) is 1.69. The quantitative estimate of drug-likeness (QED) is 0.834. The molecule has 92 valence electrons. The van der Waals surface area contributed by atoms with E-state index in [2.05, 4.69) is 51.3 Å². The summed E-state index contributed by atoms with van der Waals surface area (Å²) in [5.74, 6) is 0. The van der Waals surface area contributed by atoms with Crippen LogP contribution in [0, 0.1) is 11.3 Å². The normalized spacial score (nSPS) is 10.1. The van der Waals surface area contributed by atoms with E-state index in [-0.39, 0.29) is 0 Å². The number of halogens is 1. The van der Waals surface area contributed by atoms with Gasteiger partial charge in [0.1, 0.15) is 6.07 Å². The summed E-state index contributed by atoms with van der Waals surface area (Å²) in [6.07, 6.45) is 0. The number of hydrogen-bond acceptors (Lipinski definition) is 3. The molecule has 0 aliphatic heterocycles. The molecule has 1 aromatic heterocycles. The fourth-order valence-electron chi connectivity index (χ4n) is 1.84. The second-order valence-electron chi connectivity index (χ2n) is 3.84. The van der Waals surface area contributed by atoms with Crippen molar-refractivity contribution in [3.63, 3.8) is 0 Å². The van der Waals surface area contributed by atoms with Gasteiger partial charge >= 0.3 is 0 Å². The number of benzene rings is 1. The maximum absolute atomic E-state index is 9.27. The molecule has 4 heteroatoms. The van der Waals surface area contributed by atoms with E-state index in [1.54, 1.807) is 11.3 Å². The Morgan fingerprint density at radius 2 is 2.17 bits per heavy atom. The summed E-state index contributed by atoms with van der Waals surface area (Å²) in [6.45, 7) is 3.83. The van der Waals surface area contributed by atoms with E-state index in [9.17, 15) is 5.26 Å². The van der Waals surface area contributed by atoms with Gasteiger partial charge in [0.05, 0.1) is 17.8 Å².